The van der Waals surface area contributed by atoms with Gasteiger partial charge in [-0.1, -0.05) is 6.92 Å². The van der Waals surface area contributed by atoms with Crippen LogP contribution in [0.25, 0.3) is 0 Å². The Hall–Kier alpha value is -1.64. The minimum atomic E-state index is -3.53. The standard InChI is InChI=1S/C18H29N3O4S/c1-4-19-14(2)13-20-18(22)15-9-11-21(12-10-15)26(23,24)17-7-5-16(25-3)6-8-17/h5-8,14-15,19H,4,9-13H2,1-3H3,(H,20,22)/t14-/m1/s1. The number of carbonyl (C=O) groups excluding carboxylic acids is 1. The third kappa shape index (κ3) is 5.18. The minimum Gasteiger partial charge on any atom is -0.497 e. The van der Waals surface area contributed by atoms with Crippen molar-refractivity contribution in [1.82, 2.24) is 14.9 Å². The Kier molecular flexibility index (Phi) is 7.43. The molecule has 0 radical (unpaired) electrons. The maximum atomic E-state index is 12.7. The van der Waals surface area contributed by atoms with Gasteiger partial charge < -0.3 is 15.4 Å². The van der Waals surface area contributed by atoms with Crippen LogP contribution in [-0.4, -0.2) is 58.0 Å². The van der Waals surface area contributed by atoms with Crippen LogP contribution in [-0.2, 0) is 14.8 Å². The van der Waals surface area contributed by atoms with Crippen molar-refractivity contribution >= 4 is 15.9 Å². The molecule has 0 bridgehead atoms. The molecule has 1 amide bonds. The fourth-order valence-corrected chi connectivity index (χ4v) is 4.54. The fraction of sp³-hybridized carbons (Fsp3) is 0.611. The van der Waals surface area contributed by atoms with Gasteiger partial charge in [-0.3, -0.25) is 4.79 Å². The summed E-state index contributed by atoms with van der Waals surface area (Å²) in [5, 5.41) is 6.20. The summed E-state index contributed by atoms with van der Waals surface area (Å²) >= 11 is 0. The molecule has 8 heteroatoms. The number of nitrogens with one attached hydrogen (secondary N) is 2. The second kappa shape index (κ2) is 9.34. The number of piperidine rings is 1. The molecule has 1 aromatic carbocycles. The van der Waals surface area contributed by atoms with Gasteiger partial charge in [0.15, 0.2) is 0 Å². The molecular weight excluding hydrogens is 354 g/mol. The lowest BCUT2D eigenvalue weighted by atomic mass is 9.97. The summed E-state index contributed by atoms with van der Waals surface area (Å²) in [6, 6.07) is 6.60. The average molecular weight is 384 g/mol. The van der Waals surface area contributed by atoms with Crippen LogP contribution in [0.2, 0.25) is 0 Å². The Balaban J connectivity index is 1.89. The van der Waals surface area contributed by atoms with E-state index in [0.717, 1.165) is 6.54 Å². The topological polar surface area (TPSA) is 87.7 Å². The van der Waals surface area contributed by atoms with Crippen molar-refractivity contribution in [3.05, 3.63) is 24.3 Å². The van der Waals surface area contributed by atoms with Crippen molar-refractivity contribution in [3.8, 4) is 5.75 Å². The van der Waals surface area contributed by atoms with Crippen LogP contribution in [0.4, 0.5) is 0 Å². The van der Waals surface area contributed by atoms with Crippen LogP contribution in [0.15, 0.2) is 29.2 Å². The van der Waals surface area contributed by atoms with Crippen LogP contribution in [0.5, 0.6) is 5.75 Å². The first-order valence-corrected chi connectivity index (χ1v) is 10.5. The molecule has 1 saturated heterocycles. The monoisotopic (exact) mass is 383 g/mol. The van der Waals surface area contributed by atoms with Crippen molar-refractivity contribution in [2.45, 2.75) is 37.6 Å². The van der Waals surface area contributed by atoms with E-state index in [4.69, 9.17) is 4.74 Å². The fourth-order valence-electron chi connectivity index (χ4n) is 3.07. The molecule has 146 valence electrons. The van der Waals surface area contributed by atoms with Crippen molar-refractivity contribution in [2.24, 2.45) is 5.92 Å². The van der Waals surface area contributed by atoms with E-state index in [-0.39, 0.29) is 22.8 Å². The smallest absolute Gasteiger partial charge is 0.243 e. The Morgan fingerprint density at radius 2 is 1.88 bits per heavy atom. The molecule has 1 aliphatic heterocycles. The summed E-state index contributed by atoms with van der Waals surface area (Å²) in [6.07, 6.45) is 1.08. The summed E-state index contributed by atoms with van der Waals surface area (Å²) in [7, 11) is -1.99. The molecule has 2 rings (SSSR count). The van der Waals surface area contributed by atoms with Gasteiger partial charge in [-0.05, 0) is 50.6 Å². The molecule has 1 aliphatic rings. The highest BCUT2D eigenvalue weighted by Crippen LogP contribution is 2.25. The van der Waals surface area contributed by atoms with Gasteiger partial charge in [0.2, 0.25) is 15.9 Å². The highest BCUT2D eigenvalue weighted by atomic mass is 32.2. The summed E-state index contributed by atoms with van der Waals surface area (Å²) < 4.78 is 32.0. The molecule has 1 atom stereocenters. The quantitative estimate of drug-likeness (QED) is 0.705. The molecule has 1 heterocycles. The first-order valence-electron chi connectivity index (χ1n) is 9.03. The van der Waals surface area contributed by atoms with E-state index >= 15 is 0 Å². The lowest BCUT2D eigenvalue weighted by molar-refractivity contribution is -0.126. The zero-order chi connectivity index (χ0) is 19.2. The maximum absolute atomic E-state index is 12.7. The molecule has 26 heavy (non-hydrogen) atoms. The normalized spacial score (nSPS) is 17.7. The van der Waals surface area contributed by atoms with Crippen LogP contribution in [0.1, 0.15) is 26.7 Å². The number of ether oxygens (including phenoxy) is 1. The molecule has 0 aliphatic carbocycles. The third-order valence-electron chi connectivity index (χ3n) is 4.66. The Morgan fingerprint density at radius 1 is 1.27 bits per heavy atom. The number of benzene rings is 1. The predicted octanol–water partition coefficient (Wildman–Crippen LogP) is 1.21. The van der Waals surface area contributed by atoms with Gasteiger partial charge >= 0.3 is 0 Å². The summed E-state index contributed by atoms with van der Waals surface area (Å²) in [4.78, 5) is 12.5. The van der Waals surface area contributed by atoms with Crippen LogP contribution >= 0.6 is 0 Å². The summed E-state index contributed by atoms with van der Waals surface area (Å²) in [5.74, 6) is 0.494. The first-order chi connectivity index (χ1) is 12.4. The summed E-state index contributed by atoms with van der Waals surface area (Å²) in [5.41, 5.74) is 0. The number of hydrogen-bond acceptors (Lipinski definition) is 5. The highest BCUT2D eigenvalue weighted by Gasteiger charge is 2.32. The van der Waals surface area contributed by atoms with Gasteiger partial charge in [-0.25, -0.2) is 8.42 Å². The van der Waals surface area contributed by atoms with E-state index in [2.05, 4.69) is 10.6 Å². The number of nitrogens with zero attached hydrogens (tertiary/aromatic N) is 1. The van der Waals surface area contributed by atoms with Crippen LogP contribution in [0, 0.1) is 5.92 Å². The molecular formula is C18H29N3O4S. The van der Waals surface area contributed by atoms with Crippen molar-refractivity contribution in [3.63, 3.8) is 0 Å². The Labute approximate surface area is 156 Å². The second-order valence-electron chi connectivity index (χ2n) is 6.56. The summed E-state index contributed by atoms with van der Waals surface area (Å²) in [6.45, 7) is 6.20. The number of amides is 1. The van der Waals surface area contributed by atoms with Gasteiger partial charge in [0.25, 0.3) is 0 Å². The number of methoxy groups -OCH3 is 1. The first kappa shape index (κ1) is 20.7. The third-order valence-corrected chi connectivity index (χ3v) is 6.57. The van der Waals surface area contributed by atoms with Crippen LogP contribution < -0.4 is 15.4 Å². The SMILES string of the molecule is CCN[C@H](C)CNC(=O)C1CCN(S(=O)(=O)c2ccc(OC)cc2)CC1. The zero-order valence-electron chi connectivity index (χ0n) is 15.7. The molecule has 1 fully saturated rings. The molecule has 0 spiro atoms. The average Bonchev–Trinajstić information content (AvgIpc) is 2.66. The minimum absolute atomic E-state index is 0.0104. The number of likely N-dealkylation sites (N-methyl/N-ethyl adjacent to an activating group) is 1. The van der Waals surface area contributed by atoms with E-state index in [1.54, 1.807) is 31.4 Å². The van der Waals surface area contributed by atoms with E-state index in [1.165, 1.54) is 4.31 Å². The zero-order valence-corrected chi connectivity index (χ0v) is 16.5. The molecule has 0 aromatic heterocycles. The molecule has 0 unspecified atom stereocenters. The maximum Gasteiger partial charge on any atom is 0.243 e. The van der Waals surface area contributed by atoms with E-state index in [1.807, 2.05) is 13.8 Å². The lowest BCUT2D eigenvalue weighted by Crippen LogP contribution is -2.45. The van der Waals surface area contributed by atoms with E-state index in [9.17, 15) is 13.2 Å². The van der Waals surface area contributed by atoms with Gasteiger partial charge in [0.05, 0.1) is 12.0 Å². The number of hydrogen-bond donors (Lipinski definition) is 2. The highest BCUT2D eigenvalue weighted by molar-refractivity contribution is 7.89. The van der Waals surface area contributed by atoms with Gasteiger partial charge in [-0.2, -0.15) is 4.31 Å². The molecule has 2 N–H and O–H groups in total. The van der Waals surface area contributed by atoms with Crippen molar-refractivity contribution < 1.29 is 17.9 Å². The van der Waals surface area contributed by atoms with Gasteiger partial charge in [0, 0.05) is 31.6 Å². The molecule has 7 nitrogen and oxygen atoms in total. The van der Waals surface area contributed by atoms with Crippen LogP contribution in [0.3, 0.4) is 0 Å². The number of sulfonamides is 1. The largest absolute Gasteiger partial charge is 0.497 e. The van der Waals surface area contributed by atoms with Crippen molar-refractivity contribution in [2.75, 3.05) is 33.3 Å². The number of rotatable bonds is 8. The van der Waals surface area contributed by atoms with Gasteiger partial charge in [-0.15, -0.1) is 0 Å². The Morgan fingerprint density at radius 3 is 2.42 bits per heavy atom. The molecule has 1 aromatic rings. The van der Waals surface area contributed by atoms with Crippen molar-refractivity contribution in [1.29, 1.82) is 0 Å². The molecule has 0 saturated carbocycles. The van der Waals surface area contributed by atoms with Gasteiger partial charge in [0.1, 0.15) is 5.75 Å². The number of carbonyl (C=O) groups is 1. The second-order valence-corrected chi connectivity index (χ2v) is 8.50. The predicted molar refractivity (Wildman–Crippen MR) is 101 cm³/mol. The Bertz CT molecular complexity index is 683. The van der Waals surface area contributed by atoms with E-state index < -0.39 is 10.0 Å². The van der Waals surface area contributed by atoms with E-state index in [0.29, 0.717) is 38.2 Å². The lowest BCUT2D eigenvalue weighted by Gasteiger charge is -2.30.